The second-order valence-electron chi connectivity index (χ2n) is 9.48. The zero-order valence-corrected chi connectivity index (χ0v) is 20.0. The normalized spacial score (nSPS) is 20.1. The van der Waals surface area contributed by atoms with Crippen LogP contribution in [0.4, 0.5) is 0 Å². The Hall–Kier alpha value is -3.12. The number of benzene rings is 2. The Morgan fingerprint density at radius 1 is 1.06 bits per heavy atom. The quantitative estimate of drug-likeness (QED) is 0.509. The lowest BCUT2D eigenvalue weighted by Crippen LogP contribution is -2.63. The number of aromatic nitrogens is 1. The molecule has 6 nitrogen and oxygen atoms in total. The first-order chi connectivity index (χ1) is 16.6. The summed E-state index contributed by atoms with van der Waals surface area (Å²) in [4.78, 5) is 34.4. The van der Waals surface area contributed by atoms with Gasteiger partial charge in [0.2, 0.25) is 11.8 Å². The minimum atomic E-state index is -0.487. The monoisotopic (exact) mass is 459 g/mol. The Balaban J connectivity index is 1.47. The van der Waals surface area contributed by atoms with E-state index in [1.807, 2.05) is 23.1 Å². The maximum Gasteiger partial charge on any atom is 0.246 e. The number of hydrogen-bond donors (Lipinski definition) is 1. The van der Waals surface area contributed by atoms with E-state index in [4.69, 9.17) is 4.74 Å². The van der Waals surface area contributed by atoms with E-state index in [9.17, 15) is 9.59 Å². The summed E-state index contributed by atoms with van der Waals surface area (Å²) in [5.41, 5.74) is 5.40. The van der Waals surface area contributed by atoms with Gasteiger partial charge in [-0.1, -0.05) is 61.4 Å². The van der Waals surface area contributed by atoms with Crippen molar-refractivity contribution >= 4 is 22.7 Å². The molecule has 0 saturated carbocycles. The zero-order chi connectivity index (χ0) is 23.7. The summed E-state index contributed by atoms with van der Waals surface area (Å²) in [6.45, 7) is 6.25. The smallest absolute Gasteiger partial charge is 0.246 e. The number of unbranched alkanes of at least 4 members (excludes halogenated alkanes) is 1. The SMILES string of the molecule is CCCCOCCCN1CC(=O)N2[C@H](c3cccc(C)c3)c3[nH]c4ccccc4c3C[C@H]2C1=O. The van der Waals surface area contributed by atoms with Crippen molar-refractivity contribution < 1.29 is 14.3 Å². The van der Waals surface area contributed by atoms with E-state index in [0.717, 1.165) is 59.2 Å². The second kappa shape index (κ2) is 9.63. The Morgan fingerprint density at radius 2 is 1.88 bits per heavy atom. The molecule has 6 heteroatoms. The maximum absolute atomic E-state index is 13.7. The molecule has 0 unspecified atom stereocenters. The van der Waals surface area contributed by atoms with Crippen LogP contribution in [0.15, 0.2) is 48.5 Å². The van der Waals surface area contributed by atoms with Crippen molar-refractivity contribution in [1.82, 2.24) is 14.8 Å². The number of carbonyl (C=O) groups is 2. The summed E-state index contributed by atoms with van der Waals surface area (Å²) in [6.07, 6.45) is 3.44. The summed E-state index contributed by atoms with van der Waals surface area (Å²) >= 11 is 0. The van der Waals surface area contributed by atoms with Crippen LogP contribution in [0.5, 0.6) is 0 Å². The Bertz CT molecular complexity index is 1200. The molecule has 2 aliphatic rings. The fourth-order valence-corrected chi connectivity index (χ4v) is 5.41. The van der Waals surface area contributed by atoms with Gasteiger partial charge in [0, 0.05) is 42.8 Å². The van der Waals surface area contributed by atoms with E-state index >= 15 is 0 Å². The van der Waals surface area contributed by atoms with Crippen LogP contribution in [0.25, 0.3) is 10.9 Å². The summed E-state index contributed by atoms with van der Waals surface area (Å²) in [5, 5.41) is 1.14. The van der Waals surface area contributed by atoms with E-state index in [2.05, 4.69) is 49.2 Å². The van der Waals surface area contributed by atoms with Crippen molar-refractivity contribution in [2.45, 2.75) is 51.6 Å². The highest BCUT2D eigenvalue weighted by Crippen LogP contribution is 2.42. The van der Waals surface area contributed by atoms with Gasteiger partial charge < -0.3 is 19.5 Å². The van der Waals surface area contributed by atoms with Gasteiger partial charge in [-0.3, -0.25) is 9.59 Å². The van der Waals surface area contributed by atoms with Crippen LogP contribution in [0.3, 0.4) is 0 Å². The van der Waals surface area contributed by atoms with Gasteiger partial charge >= 0.3 is 0 Å². The molecule has 2 aromatic carbocycles. The molecule has 178 valence electrons. The number of hydrogen-bond acceptors (Lipinski definition) is 3. The molecule has 0 aliphatic carbocycles. The zero-order valence-electron chi connectivity index (χ0n) is 20.0. The molecule has 0 radical (unpaired) electrons. The average molecular weight is 460 g/mol. The van der Waals surface area contributed by atoms with Crippen LogP contribution in [-0.4, -0.2) is 58.9 Å². The molecule has 2 atom stereocenters. The number of aryl methyl sites for hydroxylation is 1. The third-order valence-corrected chi connectivity index (χ3v) is 7.06. The number of aromatic amines is 1. The predicted octanol–water partition coefficient (Wildman–Crippen LogP) is 4.37. The van der Waals surface area contributed by atoms with Crippen molar-refractivity contribution in [2.75, 3.05) is 26.3 Å². The molecule has 34 heavy (non-hydrogen) atoms. The van der Waals surface area contributed by atoms with Crippen molar-refractivity contribution in [3.63, 3.8) is 0 Å². The van der Waals surface area contributed by atoms with Crippen LogP contribution >= 0.6 is 0 Å². The number of amides is 2. The van der Waals surface area contributed by atoms with Crippen molar-refractivity contribution in [3.8, 4) is 0 Å². The van der Waals surface area contributed by atoms with Crippen molar-refractivity contribution in [1.29, 1.82) is 0 Å². The molecule has 1 saturated heterocycles. The predicted molar refractivity (Wildman–Crippen MR) is 133 cm³/mol. The van der Waals surface area contributed by atoms with Gasteiger partial charge in [0.25, 0.3) is 0 Å². The number of para-hydroxylation sites is 1. The summed E-state index contributed by atoms with van der Waals surface area (Å²) in [6, 6.07) is 15.7. The fourth-order valence-electron chi connectivity index (χ4n) is 5.41. The lowest BCUT2D eigenvalue weighted by molar-refractivity contribution is -0.158. The molecule has 2 aliphatic heterocycles. The number of nitrogens with zero attached hydrogens (tertiary/aromatic N) is 2. The number of fused-ring (bicyclic) bond motifs is 4. The summed E-state index contributed by atoms with van der Waals surface area (Å²) in [5.74, 6) is 0.0501. The Morgan fingerprint density at radius 3 is 2.71 bits per heavy atom. The van der Waals surface area contributed by atoms with E-state index in [0.29, 0.717) is 19.6 Å². The maximum atomic E-state index is 13.7. The van der Waals surface area contributed by atoms with E-state index in [-0.39, 0.29) is 24.4 Å². The van der Waals surface area contributed by atoms with Gasteiger partial charge in [0.05, 0.1) is 12.6 Å². The molecule has 0 bridgehead atoms. The van der Waals surface area contributed by atoms with Crippen LogP contribution in [0, 0.1) is 6.92 Å². The van der Waals surface area contributed by atoms with Crippen LogP contribution < -0.4 is 0 Å². The van der Waals surface area contributed by atoms with Crippen molar-refractivity contribution in [3.05, 3.63) is 70.9 Å². The van der Waals surface area contributed by atoms with Crippen LogP contribution in [0.2, 0.25) is 0 Å². The number of carbonyl (C=O) groups excluding carboxylic acids is 2. The molecule has 2 amide bonds. The van der Waals surface area contributed by atoms with Gasteiger partial charge in [-0.05, 0) is 37.0 Å². The number of rotatable bonds is 8. The molecule has 1 fully saturated rings. The average Bonchev–Trinajstić information content (AvgIpc) is 3.21. The van der Waals surface area contributed by atoms with E-state index in [1.54, 1.807) is 4.90 Å². The third kappa shape index (κ3) is 4.11. The Kier molecular flexibility index (Phi) is 6.42. The van der Waals surface area contributed by atoms with E-state index < -0.39 is 6.04 Å². The topological polar surface area (TPSA) is 65.6 Å². The molecule has 3 aromatic rings. The van der Waals surface area contributed by atoms with E-state index in [1.165, 1.54) is 0 Å². The largest absolute Gasteiger partial charge is 0.381 e. The molecular formula is C28H33N3O3. The number of nitrogens with one attached hydrogen (secondary N) is 1. The number of ether oxygens (including phenoxy) is 1. The molecule has 1 aromatic heterocycles. The fraction of sp³-hybridized carbons (Fsp3) is 0.429. The second-order valence-corrected chi connectivity index (χ2v) is 9.48. The first-order valence-corrected chi connectivity index (χ1v) is 12.4. The minimum absolute atomic E-state index is 0.00677. The lowest BCUT2D eigenvalue weighted by atomic mass is 9.86. The molecule has 5 rings (SSSR count). The van der Waals surface area contributed by atoms with Gasteiger partial charge in [0.15, 0.2) is 0 Å². The molecule has 3 heterocycles. The molecule has 1 N–H and O–H groups in total. The highest BCUT2D eigenvalue weighted by Gasteiger charge is 2.48. The highest BCUT2D eigenvalue weighted by atomic mass is 16.5. The molecule has 0 spiro atoms. The lowest BCUT2D eigenvalue weighted by Gasteiger charge is -2.47. The van der Waals surface area contributed by atoms with Crippen LogP contribution in [0.1, 0.15) is 54.6 Å². The van der Waals surface area contributed by atoms with Gasteiger partial charge in [-0.25, -0.2) is 0 Å². The van der Waals surface area contributed by atoms with Crippen molar-refractivity contribution in [2.24, 2.45) is 0 Å². The standard InChI is InChI=1S/C28H33N3O3/c1-3-4-14-34-15-8-13-30-18-25(32)31-24(28(30)33)17-22-21-11-5-6-12-23(21)29-26(22)27(31)20-10-7-9-19(2)16-20/h5-7,9-12,16,24,27,29H,3-4,8,13-15,17-18H2,1-2H3/t24-,27+/m0/s1. The summed E-state index contributed by atoms with van der Waals surface area (Å²) < 4.78 is 5.67. The van der Waals surface area contributed by atoms with Gasteiger partial charge in [0.1, 0.15) is 6.04 Å². The molecular weight excluding hydrogens is 426 g/mol. The number of piperazine rings is 1. The third-order valence-electron chi connectivity index (χ3n) is 7.06. The first kappa shape index (κ1) is 22.7. The highest BCUT2D eigenvalue weighted by molar-refractivity contribution is 5.97. The summed E-state index contributed by atoms with van der Waals surface area (Å²) in [7, 11) is 0. The first-order valence-electron chi connectivity index (χ1n) is 12.4. The minimum Gasteiger partial charge on any atom is -0.381 e. The van der Waals surface area contributed by atoms with Gasteiger partial charge in [-0.15, -0.1) is 0 Å². The van der Waals surface area contributed by atoms with Crippen LogP contribution in [-0.2, 0) is 20.7 Å². The Labute approximate surface area is 200 Å². The number of H-pyrrole nitrogens is 1. The van der Waals surface area contributed by atoms with Gasteiger partial charge in [-0.2, -0.15) is 0 Å².